The van der Waals surface area contributed by atoms with Crippen LogP contribution in [-0.4, -0.2) is 15.5 Å². The molecule has 0 spiro atoms. The zero-order valence-electron chi connectivity index (χ0n) is 8.79. The standard InChI is InChI=1S/C11H16O.B/c1-11(2,3)9-6-5-7-10(8-9)12-4;/h5-8H,1-4H3;. The van der Waals surface area contributed by atoms with E-state index in [4.69, 9.17) is 4.74 Å². The Kier molecular flexibility index (Phi) is 4.05. The summed E-state index contributed by atoms with van der Waals surface area (Å²) in [6.07, 6.45) is 0. The van der Waals surface area contributed by atoms with Gasteiger partial charge in [-0.15, -0.1) is 0 Å². The quantitative estimate of drug-likeness (QED) is 0.596. The molecule has 69 valence electrons. The summed E-state index contributed by atoms with van der Waals surface area (Å²) in [5.74, 6) is 0.933. The summed E-state index contributed by atoms with van der Waals surface area (Å²) in [6, 6.07) is 8.21. The summed E-state index contributed by atoms with van der Waals surface area (Å²) in [6.45, 7) is 6.59. The molecule has 0 aliphatic rings. The average Bonchev–Trinajstić information content (AvgIpc) is 2.03. The molecular weight excluding hydrogens is 159 g/mol. The van der Waals surface area contributed by atoms with Gasteiger partial charge in [0.1, 0.15) is 5.75 Å². The van der Waals surface area contributed by atoms with Crippen LogP contribution in [0.5, 0.6) is 5.75 Å². The van der Waals surface area contributed by atoms with Gasteiger partial charge in [0.15, 0.2) is 0 Å². The van der Waals surface area contributed by atoms with E-state index in [9.17, 15) is 0 Å². The maximum atomic E-state index is 5.15. The van der Waals surface area contributed by atoms with Crippen molar-refractivity contribution >= 4 is 8.41 Å². The van der Waals surface area contributed by atoms with Gasteiger partial charge in [0.05, 0.1) is 7.11 Å². The Balaban J connectivity index is 0.00000144. The number of benzene rings is 1. The van der Waals surface area contributed by atoms with E-state index in [1.165, 1.54) is 5.56 Å². The normalized spacial score (nSPS) is 10.5. The van der Waals surface area contributed by atoms with E-state index in [2.05, 4.69) is 32.9 Å². The maximum absolute atomic E-state index is 5.15. The number of hydrogen-bond donors (Lipinski definition) is 0. The molecule has 0 aliphatic carbocycles. The van der Waals surface area contributed by atoms with Crippen molar-refractivity contribution in [2.45, 2.75) is 26.2 Å². The number of hydrogen-bond acceptors (Lipinski definition) is 1. The van der Waals surface area contributed by atoms with E-state index < -0.39 is 0 Å². The van der Waals surface area contributed by atoms with Crippen molar-refractivity contribution in [3.63, 3.8) is 0 Å². The Hall–Kier alpha value is -0.915. The molecule has 0 heterocycles. The van der Waals surface area contributed by atoms with Crippen LogP contribution in [0.25, 0.3) is 0 Å². The summed E-state index contributed by atoms with van der Waals surface area (Å²) in [7, 11) is 1.70. The third-order valence-corrected chi connectivity index (χ3v) is 1.94. The van der Waals surface area contributed by atoms with E-state index in [-0.39, 0.29) is 13.8 Å². The van der Waals surface area contributed by atoms with Crippen LogP contribution >= 0.6 is 0 Å². The second-order valence-electron chi connectivity index (χ2n) is 3.98. The molecule has 0 fully saturated rings. The van der Waals surface area contributed by atoms with Crippen LogP contribution in [0.4, 0.5) is 0 Å². The monoisotopic (exact) mass is 175 g/mol. The van der Waals surface area contributed by atoms with Crippen LogP contribution in [0.2, 0.25) is 0 Å². The van der Waals surface area contributed by atoms with Gasteiger partial charge in [-0.25, -0.2) is 0 Å². The van der Waals surface area contributed by atoms with Gasteiger partial charge >= 0.3 is 0 Å². The van der Waals surface area contributed by atoms with Crippen molar-refractivity contribution in [1.29, 1.82) is 0 Å². The Bertz CT molecular complexity index is 263. The van der Waals surface area contributed by atoms with Crippen LogP contribution in [0.1, 0.15) is 26.3 Å². The smallest absolute Gasteiger partial charge is 0.119 e. The molecule has 0 saturated carbocycles. The largest absolute Gasteiger partial charge is 0.497 e. The van der Waals surface area contributed by atoms with Crippen LogP contribution in [-0.2, 0) is 5.41 Å². The first-order valence-electron chi connectivity index (χ1n) is 4.18. The second kappa shape index (κ2) is 4.36. The summed E-state index contributed by atoms with van der Waals surface area (Å²) in [5, 5.41) is 0. The summed E-state index contributed by atoms with van der Waals surface area (Å²) in [5.41, 5.74) is 1.51. The van der Waals surface area contributed by atoms with Gasteiger partial charge in [-0.05, 0) is 23.1 Å². The first-order chi connectivity index (χ1) is 5.54. The third-order valence-electron chi connectivity index (χ3n) is 1.94. The molecule has 1 aromatic rings. The van der Waals surface area contributed by atoms with Crippen LogP contribution in [0, 0.1) is 0 Å². The van der Waals surface area contributed by atoms with Gasteiger partial charge in [-0.1, -0.05) is 32.9 Å². The molecule has 3 radical (unpaired) electrons. The molecular formula is C11H16BO. The Morgan fingerprint density at radius 1 is 1.15 bits per heavy atom. The number of ether oxygens (including phenoxy) is 1. The van der Waals surface area contributed by atoms with Crippen molar-refractivity contribution in [1.82, 2.24) is 0 Å². The molecule has 1 aromatic carbocycles. The number of methoxy groups -OCH3 is 1. The molecule has 0 saturated heterocycles. The molecule has 0 N–H and O–H groups in total. The van der Waals surface area contributed by atoms with Crippen molar-refractivity contribution in [3.8, 4) is 5.75 Å². The topological polar surface area (TPSA) is 9.23 Å². The fourth-order valence-corrected chi connectivity index (χ4v) is 1.09. The van der Waals surface area contributed by atoms with Gasteiger partial charge in [0, 0.05) is 8.41 Å². The molecule has 0 bridgehead atoms. The Morgan fingerprint density at radius 2 is 1.77 bits per heavy atom. The Labute approximate surface area is 82.7 Å². The van der Waals surface area contributed by atoms with Crippen molar-refractivity contribution in [3.05, 3.63) is 29.8 Å². The van der Waals surface area contributed by atoms with E-state index in [1.54, 1.807) is 7.11 Å². The van der Waals surface area contributed by atoms with Crippen LogP contribution in [0.3, 0.4) is 0 Å². The molecule has 0 unspecified atom stereocenters. The molecule has 1 rings (SSSR count). The van der Waals surface area contributed by atoms with Gasteiger partial charge in [0.25, 0.3) is 0 Å². The summed E-state index contributed by atoms with van der Waals surface area (Å²) in [4.78, 5) is 0. The van der Waals surface area contributed by atoms with E-state index >= 15 is 0 Å². The number of rotatable bonds is 1. The van der Waals surface area contributed by atoms with E-state index in [0.29, 0.717) is 0 Å². The maximum Gasteiger partial charge on any atom is 0.119 e. The molecule has 0 aliphatic heterocycles. The molecule has 0 amide bonds. The van der Waals surface area contributed by atoms with Crippen LogP contribution in [0.15, 0.2) is 24.3 Å². The highest BCUT2D eigenvalue weighted by Gasteiger charge is 2.13. The van der Waals surface area contributed by atoms with Gasteiger partial charge < -0.3 is 4.74 Å². The average molecular weight is 175 g/mol. The lowest BCUT2D eigenvalue weighted by Crippen LogP contribution is -2.10. The highest BCUT2D eigenvalue weighted by Crippen LogP contribution is 2.25. The lowest BCUT2D eigenvalue weighted by molar-refractivity contribution is 0.412. The summed E-state index contributed by atoms with van der Waals surface area (Å²) < 4.78 is 5.15. The molecule has 0 atom stereocenters. The second-order valence-corrected chi connectivity index (χ2v) is 3.98. The minimum Gasteiger partial charge on any atom is -0.497 e. The highest BCUT2D eigenvalue weighted by molar-refractivity contribution is 5.75. The first-order valence-corrected chi connectivity index (χ1v) is 4.18. The minimum atomic E-state index is 0. The third kappa shape index (κ3) is 3.13. The van der Waals surface area contributed by atoms with Crippen molar-refractivity contribution < 1.29 is 4.74 Å². The highest BCUT2D eigenvalue weighted by atomic mass is 16.5. The predicted molar refractivity (Wildman–Crippen MR) is 57.4 cm³/mol. The first kappa shape index (κ1) is 12.1. The van der Waals surface area contributed by atoms with Crippen LogP contribution < -0.4 is 4.74 Å². The van der Waals surface area contributed by atoms with Gasteiger partial charge in [-0.3, -0.25) is 0 Å². The SMILES string of the molecule is COc1cccc(C(C)(C)C)c1.[B]. The van der Waals surface area contributed by atoms with Crippen molar-refractivity contribution in [2.24, 2.45) is 0 Å². The molecule has 13 heavy (non-hydrogen) atoms. The van der Waals surface area contributed by atoms with Gasteiger partial charge in [-0.2, -0.15) is 0 Å². The molecule has 0 aromatic heterocycles. The summed E-state index contributed by atoms with van der Waals surface area (Å²) >= 11 is 0. The minimum absolute atomic E-state index is 0. The zero-order chi connectivity index (χ0) is 9.19. The van der Waals surface area contributed by atoms with Crippen molar-refractivity contribution in [2.75, 3.05) is 7.11 Å². The molecule has 1 nitrogen and oxygen atoms in total. The Morgan fingerprint density at radius 3 is 2.23 bits per heavy atom. The fourth-order valence-electron chi connectivity index (χ4n) is 1.09. The lowest BCUT2D eigenvalue weighted by Gasteiger charge is -2.19. The zero-order valence-corrected chi connectivity index (χ0v) is 8.79. The fraction of sp³-hybridized carbons (Fsp3) is 0.455. The van der Waals surface area contributed by atoms with Gasteiger partial charge in [0.2, 0.25) is 0 Å². The van der Waals surface area contributed by atoms with E-state index in [1.807, 2.05) is 12.1 Å². The van der Waals surface area contributed by atoms with E-state index in [0.717, 1.165) is 5.75 Å². The lowest BCUT2D eigenvalue weighted by atomic mass is 9.87. The predicted octanol–water partition coefficient (Wildman–Crippen LogP) is 2.61. The molecule has 2 heteroatoms.